The van der Waals surface area contributed by atoms with E-state index >= 15 is 0 Å². The van der Waals surface area contributed by atoms with Crippen molar-refractivity contribution in [3.8, 4) is 5.75 Å². The Balaban J connectivity index is 1.23. The molecular weight excluding hydrogens is 386 g/mol. The molecule has 0 amide bonds. The summed E-state index contributed by atoms with van der Waals surface area (Å²) in [5.41, 5.74) is 9.35. The van der Waals surface area contributed by atoms with Crippen molar-refractivity contribution in [2.45, 2.75) is 13.0 Å². The molecule has 2 saturated heterocycles. The van der Waals surface area contributed by atoms with Gasteiger partial charge in [-0.1, -0.05) is 24.3 Å². The molecule has 3 aromatic rings. The van der Waals surface area contributed by atoms with Crippen molar-refractivity contribution in [2.75, 3.05) is 51.3 Å². The van der Waals surface area contributed by atoms with Crippen LogP contribution in [0.5, 0.6) is 5.75 Å². The summed E-state index contributed by atoms with van der Waals surface area (Å²) in [7, 11) is 1.71. The van der Waals surface area contributed by atoms with Gasteiger partial charge in [-0.2, -0.15) is 0 Å². The van der Waals surface area contributed by atoms with Gasteiger partial charge < -0.3 is 9.64 Å². The fourth-order valence-corrected chi connectivity index (χ4v) is 4.82. The summed E-state index contributed by atoms with van der Waals surface area (Å²) in [6.07, 6.45) is 0. The number of aryl methyl sites for hydroxylation is 1. The second-order valence-electron chi connectivity index (χ2n) is 8.66. The fraction of sp³-hybridized carbons (Fsp3) is 0.400. The van der Waals surface area contributed by atoms with Gasteiger partial charge in [0.2, 0.25) is 0 Å². The van der Waals surface area contributed by atoms with Gasteiger partial charge in [-0.05, 0) is 53.6 Å². The molecule has 2 aromatic carbocycles. The lowest BCUT2D eigenvalue weighted by Gasteiger charge is -2.37. The zero-order chi connectivity index (χ0) is 21.2. The van der Waals surface area contributed by atoms with E-state index in [0.29, 0.717) is 12.0 Å². The molecule has 2 atom stereocenters. The number of rotatable bonds is 5. The normalized spacial score (nSPS) is 22.2. The molecule has 0 saturated carbocycles. The quantitative estimate of drug-likeness (QED) is 0.665. The molecule has 2 unspecified atom stereocenters. The van der Waals surface area contributed by atoms with E-state index < -0.39 is 0 Å². The van der Waals surface area contributed by atoms with E-state index in [1.165, 1.54) is 16.3 Å². The molecule has 2 aliphatic rings. The van der Waals surface area contributed by atoms with Gasteiger partial charge in [-0.3, -0.25) is 10.3 Å². The minimum absolute atomic E-state index is 0.322. The second-order valence-corrected chi connectivity index (χ2v) is 8.66. The van der Waals surface area contributed by atoms with Crippen LogP contribution < -0.4 is 20.5 Å². The summed E-state index contributed by atoms with van der Waals surface area (Å²) in [6, 6.07) is 19.7. The summed E-state index contributed by atoms with van der Waals surface area (Å²) in [5, 5.41) is 2.47. The fourth-order valence-electron chi connectivity index (χ4n) is 4.82. The molecule has 5 rings (SSSR count). The van der Waals surface area contributed by atoms with Crippen LogP contribution in [0.3, 0.4) is 0 Å². The van der Waals surface area contributed by atoms with Crippen LogP contribution in [0, 0.1) is 12.8 Å². The average Bonchev–Trinajstić information content (AvgIpc) is 3.27. The largest absolute Gasteiger partial charge is 0.497 e. The van der Waals surface area contributed by atoms with Gasteiger partial charge in [0.25, 0.3) is 0 Å². The Morgan fingerprint density at radius 2 is 1.81 bits per heavy atom. The van der Waals surface area contributed by atoms with E-state index in [-0.39, 0.29) is 0 Å². The molecule has 1 aromatic heterocycles. The minimum atomic E-state index is 0.322. The van der Waals surface area contributed by atoms with E-state index in [1.54, 1.807) is 7.11 Å². The van der Waals surface area contributed by atoms with Gasteiger partial charge in [-0.25, -0.2) is 10.4 Å². The molecule has 3 heterocycles. The number of ether oxygens (including phenoxy) is 1. The first kappa shape index (κ1) is 20.2. The highest BCUT2D eigenvalue weighted by molar-refractivity contribution is 5.84. The third-order valence-electron chi connectivity index (χ3n) is 6.59. The number of anilines is 1. The molecular formula is C25H31N5O. The Kier molecular flexibility index (Phi) is 5.76. The SMILES string of the molecule is COc1ccc2cc(C3NNCC3CN3CCN(c4cccc(C)n4)CC3)ccc2c1. The van der Waals surface area contributed by atoms with Crippen LogP contribution in [0.15, 0.2) is 54.6 Å². The van der Waals surface area contributed by atoms with Gasteiger partial charge in [0.05, 0.1) is 13.2 Å². The summed E-state index contributed by atoms with van der Waals surface area (Å²) in [5.74, 6) is 2.55. The molecule has 0 bridgehead atoms. The van der Waals surface area contributed by atoms with Crippen LogP contribution in [-0.2, 0) is 0 Å². The molecule has 0 aliphatic carbocycles. The first-order valence-corrected chi connectivity index (χ1v) is 11.2. The van der Waals surface area contributed by atoms with Crippen LogP contribution in [0.2, 0.25) is 0 Å². The number of benzene rings is 2. The maximum absolute atomic E-state index is 5.36. The third-order valence-corrected chi connectivity index (χ3v) is 6.59. The highest BCUT2D eigenvalue weighted by Crippen LogP contribution is 2.30. The van der Waals surface area contributed by atoms with Crippen LogP contribution in [-0.4, -0.2) is 56.3 Å². The molecule has 2 N–H and O–H groups in total. The molecule has 31 heavy (non-hydrogen) atoms. The van der Waals surface area contributed by atoms with E-state index in [4.69, 9.17) is 9.72 Å². The topological polar surface area (TPSA) is 52.7 Å². The summed E-state index contributed by atoms with van der Waals surface area (Å²) in [4.78, 5) is 9.70. The third kappa shape index (κ3) is 4.37. The number of methoxy groups -OCH3 is 1. The molecule has 6 heteroatoms. The number of piperazine rings is 1. The van der Waals surface area contributed by atoms with Gasteiger partial charge >= 0.3 is 0 Å². The number of hydrazine groups is 1. The highest BCUT2D eigenvalue weighted by Gasteiger charge is 2.31. The van der Waals surface area contributed by atoms with Crippen LogP contribution >= 0.6 is 0 Å². The number of fused-ring (bicyclic) bond motifs is 1. The number of pyridine rings is 1. The maximum Gasteiger partial charge on any atom is 0.128 e. The number of hydrogen-bond donors (Lipinski definition) is 2. The predicted molar refractivity (Wildman–Crippen MR) is 125 cm³/mol. The zero-order valence-electron chi connectivity index (χ0n) is 18.3. The Hall–Kier alpha value is -2.67. The van der Waals surface area contributed by atoms with E-state index in [1.807, 2.05) is 6.07 Å². The molecule has 6 nitrogen and oxygen atoms in total. The molecule has 162 valence electrons. The number of aromatic nitrogens is 1. The minimum Gasteiger partial charge on any atom is -0.497 e. The Morgan fingerprint density at radius 3 is 2.61 bits per heavy atom. The second kappa shape index (κ2) is 8.83. The first-order chi connectivity index (χ1) is 15.2. The number of hydrogen-bond acceptors (Lipinski definition) is 6. The van der Waals surface area contributed by atoms with Crippen LogP contribution in [0.25, 0.3) is 10.8 Å². The standard InChI is InChI=1S/C25H31N5O/c1-18-4-3-5-24(27-18)30-12-10-29(11-13-30)17-22-16-26-28-25(22)21-7-6-20-15-23(31-2)9-8-19(20)14-21/h3-9,14-15,22,25-26,28H,10-13,16-17H2,1-2H3. The molecule has 0 radical (unpaired) electrons. The van der Waals surface area contributed by atoms with Crippen LogP contribution in [0.1, 0.15) is 17.3 Å². The molecule has 2 fully saturated rings. The summed E-state index contributed by atoms with van der Waals surface area (Å²) >= 11 is 0. The average molecular weight is 418 g/mol. The van der Waals surface area contributed by atoms with Gasteiger partial charge in [0.15, 0.2) is 0 Å². The van der Waals surface area contributed by atoms with Crippen molar-refractivity contribution < 1.29 is 4.74 Å². The van der Waals surface area contributed by atoms with Crippen molar-refractivity contribution in [1.29, 1.82) is 0 Å². The van der Waals surface area contributed by atoms with E-state index in [9.17, 15) is 0 Å². The van der Waals surface area contributed by atoms with Crippen molar-refractivity contribution in [3.63, 3.8) is 0 Å². The van der Waals surface area contributed by atoms with Gasteiger partial charge in [0.1, 0.15) is 11.6 Å². The van der Waals surface area contributed by atoms with Crippen LogP contribution in [0.4, 0.5) is 5.82 Å². The lowest BCUT2D eigenvalue weighted by molar-refractivity contribution is 0.214. The maximum atomic E-state index is 5.36. The van der Waals surface area contributed by atoms with Gasteiger partial charge in [0, 0.05) is 50.9 Å². The highest BCUT2D eigenvalue weighted by atomic mass is 16.5. The first-order valence-electron chi connectivity index (χ1n) is 11.2. The number of nitrogens with one attached hydrogen (secondary N) is 2. The monoisotopic (exact) mass is 417 g/mol. The molecule has 2 aliphatic heterocycles. The van der Waals surface area contributed by atoms with Crippen molar-refractivity contribution in [1.82, 2.24) is 20.7 Å². The van der Waals surface area contributed by atoms with Crippen molar-refractivity contribution in [2.24, 2.45) is 5.92 Å². The molecule has 0 spiro atoms. The zero-order valence-corrected chi connectivity index (χ0v) is 18.3. The Morgan fingerprint density at radius 1 is 1.00 bits per heavy atom. The van der Waals surface area contributed by atoms with E-state index in [2.05, 4.69) is 76.1 Å². The Bertz CT molecular complexity index is 1050. The predicted octanol–water partition coefficient (Wildman–Crippen LogP) is 3.14. The summed E-state index contributed by atoms with van der Waals surface area (Å²) < 4.78 is 5.36. The lowest BCUT2D eigenvalue weighted by Crippen LogP contribution is -2.48. The smallest absolute Gasteiger partial charge is 0.128 e. The lowest BCUT2D eigenvalue weighted by atomic mass is 9.92. The van der Waals surface area contributed by atoms with Crippen molar-refractivity contribution in [3.05, 3.63) is 65.9 Å². The summed E-state index contributed by atoms with van der Waals surface area (Å²) in [6.45, 7) is 8.38. The van der Waals surface area contributed by atoms with Gasteiger partial charge in [-0.15, -0.1) is 0 Å². The van der Waals surface area contributed by atoms with Crippen molar-refractivity contribution >= 4 is 16.6 Å². The van der Waals surface area contributed by atoms with E-state index in [0.717, 1.165) is 56.5 Å². The number of nitrogens with zero attached hydrogens (tertiary/aromatic N) is 3. The Labute approximate surface area is 184 Å².